The lowest BCUT2D eigenvalue weighted by Gasteiger charge is -2.32. The van der Waals surface area contributed by atoms with E-state index in [2.05, 4.69) is 0 Å². The van der Waals surface area contributed by atoms with Gasteiger partial charge in [0.2, 0.25) is 0 Å². The Morgan fingerprint density at radius 1 is 1.29 bits per heavy atom. The first kappa shape index (κ1) is 13.9. The summed E-state index contributed by atoms with van der Waals surface area (Å²) in [6.07, 6.45) is 3.72. The molecule has 1 aliphatic carbocycles. The lowest BCUT2D eigenvalue weighted by molar-refractivity contribution is 0.0696. The van der Waals surface area contributed by atoms with Crippen molar-refractivity contribution in [3.8, 4) is 0 Å². The van der Waals surface area contributed by atoms with E-state index in [1.54, 1.807) is 21.9 Å². The molecule has 0 bridgehead atoms. The second-order valence-electron chi connectivity index (χ2n) is 6.10. The summed E-state index contributed by atoms with van der Waals surface area (Å²) in [5.41, 5.74) is 2.27. The van der Waals surface area contributed by atoms with Gasteiger partial charge in [-0.15, -0.1) is 0 Å². The first-order valence-electron chi connectivity index (χ1n) is 7.39. The van der Waals surface area contributed by atoms with Crippen LogP contribution >= 0.6 is 0 Å². The molecular weight excluding hydrogens is 268 g/mol. The van der Waals surface area contributed by atoms with Crippen LogP contribution in [0.5, 0.6) is 0 Å². The molecule has 21 heavy (non-hydrogen) atoms. The van der Waals surface area contributed by atoms with Gasteiger partial charge in [-0.3, -0.25) is 0 Å². The third-order valence-corrected chi connectivity index (χ3v) is 4.53. The summed E-state index contributed by atoms with van der Waals surface area (Å²) >= 11 is 0. The van der Waals surface area contributed by atoms with Crippen molar-refractivity contribution in [2.45, 2.75) is 32.4 Å². The van der Waals surface area contributed by atoms with E-state index >= 15 is 0 Å². The summed E-state index contributed by atoms with van der Waals surface area (Å²) in [7, 11) is 1.85. The highest BCUT2D eigenvalue weighted by Crippen LogP contribution is 2.28. The van der Waals surface area contributed by atoms with Gasteiger partial charge < -0.3 is 14.9 Å². The number of benzene rings is 1. The van der Waals surface area contributed by atoms with Gasteiger partial charge in [0.1, 0.15) is 0 Å². The molecule has 0 saturated heterocycles. The topological polar surface area (TPSA) is 60.9 Å². The third kappa shape index (κ3) is 2.73. The number of aromatic carboxylic acids is 1. The highest BCUT2D eigenvalue weighted by molar-refractivity contribution is 5.88. The predicted molar refractivity (Wildman–Crippen MR) is 78.0 cm³/mol. The van der Waals surface area contributed by atoms with Crippen molar-refractivity contribution in [3.63, 3.8) is 0 Å². The fourth-order valence-corrected chi connectivity index (χ4v) is 3.04. The lowest BCUT2D eigenvalue weighted by atomic mass is 9.85. The average Bonchev–Trinajstić information content (AvgIpc) is 2.84. The molecule has 1 aliphatic heterocycles. The van der Waals surface area contributed by atoms with E-state index in [1.165, 1.54) is 19.3 Å². The standard InChI is InChI=1S/C16H20N2O3/c1-17(8-11-3-2-4-11)16(21)18-9-13-6-5-12(15(19)20)7-14(13)10-18/h5-7,11H,2-4,8-10H2,1H3,(H,19,20). The number of carbonyl (C=O) groups is 2. The van der Waals surface area contributed by atoms with Crippen molar-refractivity contribution in [1.29, 1.82) is 0 Å². The molecule has 2 aliphatic rings. The average molecular weight is 288 g/mol. The van der Waals surface area contributed by atoms with Crippen LogP contribution < -0.4 is 0 Å². The molecule has 1 aromatic rings. The molecule has 3 rings (SSSR count). The minimum Gasteiger partial charge on any atom is -0.478 e. The minimum absolute atomic E-state index is 0.0370. The minimum atomic E-state index is -0.926. The number of hydrogen-bond donors (Lipinski definition) is 1. The molecule has 1 fully saturated rings. The summed E-state index contributed by atoms with van der Waals surface area (Å²) in [5, 5.41) is 9.02. The van der Waals surface area contributed by atoms with Crippen molar-refractivity contribution in [1.82, 2.24) is 9.80 Å². The number of fused-ring (bicyclic) bond motifs is 1. The normalized spacial score (nSPS) is 17.3. The Balaban J connectivity index is 1.65. The maximum absolute atomic E-state index is 12.4. The summed E-state index contributed by atoms with van der Waals surface area (Å²) in [4.78, 5) is 27.0. The molecule has 1 N–H and O–H groups in total. The van der Waals surface area contributed by atoms with Gasteiger partial charge in [0.25, 0.3) is 0 Å². The second kappa shape index (κ2) is 5.39. The monoisotopic (exact) mass is 288 g/mol. The fraction of sp³-hybridized carbons (Fsp3) is 0.500. The number of amides is 2. The van der Waals surface area contributed by atoms with E-state index in [0.717, 1.165) is 17.7 Å². The molecule has 0 radical (unpaired) electrons. The van der Waals surface area contributed by atoms with Crippen molar-refractivity contribution < 1.29 is 14.7 Å². The van der Waals surface area contributed by atoms with Crippen LogP contribution in [-0.4, -0.2) is 40.5 Å². The molecule has 0 atom stereocenters. The maximum atomic E-state index is 12.4. The van der Waals surface area contributed by atoms with Crippen LogP contribution in [0.25, 0.3) is 0 Å². The van der Waals surface area contributed by atoms with Gasteiger partial charge in [0.15, 0.2) is 0 Å². The maximum Gasteiger partial charge on any atom is 0.335 e. The third-order valence-electron chi connectivity index (χ3n) is 4.53. The van der Waals surface area contributed by atoms with Gasteiger partial charge in [0.05, 0.1) is 5.56 Å². The number of urea groups is 1. The largest absolute Gasteiger partial charge is 0.478 e. The molecule has 2 amide bonds. The van der Waals surface area contributed by atoms with Crippen LogP contribution in [0.15, 0.2) is 18.2 Å². The van der Waals surface area contributed by atoms with Crippen LogP contribution in [0.1, 0.15) is 40.7 Å². The zero-order valence-electron chi connectivity index (χ0n) is 12.2. The first-order valence-corrected chi connectivity index (χ1v) is 7.39. The molecule has 112 valence electrons. The molecular formula is C16H20N2O3. The van der Waals surface area contributed by atoms with Crippen molar-refractivity contribution >= 4 is 12.0 Å². The molecule has 0 aromatic heterocycles. The van der Waals surface area contributed by atoms with Crippen LogP contribution in [0.3, 0.4) is 0 Å². The molecule has 1 saturated carbocycles. The fourth-order valence-electron chi connectivity index (χ4n) is 3.04. The number of carbonyl (C=O) groups excluding carboxylic acids is 1. The number of nitrogens with zero attached hydrogens (tertiary/aromatic N) is 2. The molecule has 0 spiro atoms. The number of carboxylic acids is 1. The van der Waals surface area contributed by atoms with Gasteiger partial charge in [-0.1, -0.05) is 12.5 Å². The van der Waals surface area contributed by atoms with Crippen molar-refractivity contribution in [2.75, 3.05) is 13.6 Å². The van der Waals surface area contributed by atoms with Gasteiger partial charge in [-0.25, -0.2) is 9.59 Å². The quantitative estimate of drug-likeness (QED) is 0.929. The summed E-state index contributed by atoms with van der Waals surface area (Å²) < 4.78 is 0. The van der Waals surface area contributed by atoms with E-state index in [4.69, 9.17) is 5.11 Å². The van der Waals surface area contributed by atoms with E-state index in [9.17, 15) is 9.59 Å². The SMILES string of the molecule is CN(CC1CCC1)C(=O)N1Cc2ccc(C(=O)O)cc2C1. The Morgan fingerprint density at radius 3 is 2.62 bits per heavy atom. The molecule has 5 nitrogen and oxygen atoms in total. The Kier molecular flexibility index (Phi) is 3.57. The zero-order chi connectivity index (χ0) is 15.0. The Morgan fingerprint density at radius 2 is 2.00 bits per heavy atom. The van der Waals surface area contributed by atoms with Crippen LogP contribution in [0.4, 0.5) is 4.79 Å². The van der Waals surface area contributed by atoms with Crippen molar-refractivity contribution in [3.05, 3.63) is 34.9 Å². The van der Waals surface area contributed by atoms with E-state index < -0.39 is 5.97 Å². The Hall–Kier alpha value is -2.04. The van der Waals surface area contributed by atoms with E-state index in [0.29, 0.717) is 19.0 Å². The summed E-state index contributed by atoms with van der Waals surface area (Å²) in [6.45, 7) is 1.90. The van der Waals surface area contributed by atoms with Crippen LogP contribution in [0.2, 0.25) is 0 Å². The summed E-state index contributed by atoms with van der Waals surface area (Å²) in [6, 6.07) is 5.14. The number of rotatable bonds is 3. The van der Waals surface area contributed by atoms with Crippen LogP contribution in [-0.2, 0) is 13.1 Å². The van der Waals surface area contributed by atoms with Gasteiger partial charge in [0, 0.05) is 26.7 Å². The Labute approximate surface area is 124 Å². The molecule has 5 heteroatoms. The van der Waals surface area contributed by atoms with Gasteiger partial charge >= 0.3 is 12.0 Å². The van der Waals surface area contributed by atoms with E-state index in [-0.39, 0.29) is 11.6 Å². The highest BCUT2D eigenvalue weighted by Gasteiger charge is 2.28. The summed E-state index contributed by atoms with van der Waals surface area (Å²) in [5.74, 6) is -0.271. The first-order chi connectivity index (χ1) is 10.0. The smallest absolute Gasteiger partial charge is 0.335 e. The molecule has 1 heterocycles. The second-order valence-corrected chi connectivity index (χ2v) is 6.10. The molecule has 1 aromatic carbocycles. The predicted octanol–water partition coefficient (Wildman–Crippen LogP) is 2.55. The van der Waals surface area contributed by atoms with Crippen LogP contribution in [0, 0.1) is 5.92 Å². The van der Waals surface area contributed by atoms with Crippen molar-refractivity contribution in [2.24, 2.45) is 5.92 Å². The highest BCUT2D eigenvalue weighted by atomic mass is 16.4. The van der Waals surface area contributed by atoms with Gasteiger partial charge in [-0.2, -0.15) is 0 Å². The molecule has 0 unspecified atom stereocenters. The lowest BCUT2D eigenvalue weighted by Crippen LogP contribution is -2.41. The Bertz CT molecular complexity index is 581. The number of hydrogen-bond acceptors (Lipinski definition) is 2. The zero-order valence-corrected chi connectivity index (χ0v) is 12.2. The van der Waals surface area contributed by atoms with E-state index in [1.807, 2.05) is 13.1 Å². The number of carboxylic acid groups (broad SMARTS) is 1. The van der Waals surface area contributed by atoms with Gasteiger partial charge in [-0.05, 0) is 42.0 Å².